The number of amides is 1. The minimum atomic E-state index is -4.08. The second-order valence-corrected chi connectivity index (χ2v) is 8.97. The van der Waals surface area contributed by atoms with Crippen LogP contribution in [0.15, 0.2) is 59.5 Å². The van der Waals surface area contributed by atoms with Crippen molar-refractivity contribution in [3.05, 3.63) is 70.7 Å². The number of methoxy groups -OCH3 is 3. The van der Waals surface area contributed by atoms with Crippen LogP contribution >= 0.6 is 11.6 Å². The summed E-state index contributed by atoms with van der Waals surface area (Å²) >= 11 is 6.08. The van der Waals surface area contributed by atoms with Crippen molar-refractivity contribution in [1.82, 2.24) is 0 Å². The van der Waals surface area contributed by atoms with Crippen molar-refractivity contribution in [2.24, 2.45) is 0 Å². The van der Waals surface area contributed by atoms with E-state index in [1.807, 2.05) is 6.92 Å². The molecule has 0 bridgehead atoms. The molecule has 0 saturated carbocycles. The summed E-state index contributed by atoms with van der Waals surface area (Å²) in [7, 11) is 0.267. The molecular formula is C23H23ClN2O6S. The van der Waals surface area contributed by atoms with E-state index in [1.165, 1.54) is 45.6 Å². The molecule has 1 amide bonds. The van der Waals surface area contributed by atoms with Gasteiger partial charge in [0.05, 0.1) is 32.0 Å². The fraction of sp³-hybridized carbons (Fsp3) is 0.174. The smallest absolute Gasteiger partial charge is 0.265 e. The van der Waals surface area contributed by atoms with E-state index in [1.54, 1.807) is 30.3 Å². The number of para-hydroxylation sites is 1. The lowest BCUT2D eigenvalue weighted by Crippen LogP contribution is -2.16. The van der Waals surface area contributed by atoms with Gasteiger partial charge in [-0.1, -0.05) is 23.7 Å². The monoisotopic (exact) mass is 490 g/mol. The number of anilines is 2. The highest BCUT2D eigenvalue weighted by Crippen LogP contribution is 2.32. The topological polar surface area (TPSA) is 103 Å². The molecule has 0 saturated heterocycles. The number of hydrogen-bond donors (Lipinski definition) is 2. The number of hydrogen-bond acceptors (Lipinski definition) is 6. The number of carbonyl (C=O) groups excluding carboxylic acids is 1. The van der Waals surface area contributed by atoms with Crippen molar-refractivity contribution in [3.8, 4) is 17.2 Å². The third-order valence-corrected chi connectivity index (χ3v) is 6.56. The maximum atomic E-state index is 13.1. The summed E-state index contributed by atoms with van der Waals surface area (Å²) in [5.74, 6) is 0.605. The highest BCUT2D eigenvalue weighted by Gasteiger charge is 2.22. The maximum Gasteiger partial charge on any atom is 0.265 e. The predicted molar refractivity (Wildman–Crippen MR) is 127 cm³/mol. The van der Waals surface area contributed by atoms with Gasteiger partial charge in [-0.2, -0.15) is 0 Å². The van der Waals surface area contributed by atoms with Crippen LogP contribution in [0.25, 0.3) is 0 Å². The Balaban J connectivity index is 1.94. The minimum absolute atomic E-state index is 0.103. The fourth-order valence-corrected chi connectivity index (χ4v) is 4.64. The molecule has 0 spiro atoms. The molecule has 0 radical (unpaired) electrons. The Morgan fingerprint density at radius 2 is 1.48 bits per heavy atom. The second-order valence-electron chi connectivity index (χ2n) is 6.91. The maximum absolute atomic E-state index is 13.1. The van der Waals surface area contributed by atoms with E-state index in [0.29, 0.717) is 11.5 Å². The second kappa shape index (κ2) is 10.0. The number of benzene rings is 3. The summed E-state index contributed by atoms with van der Waals surface area (Å²) in [5, 5.41) is 2.94. The Kier molecular flexibility index (Phi) is 7.35. The molecule has 3 rings (SSSR count). The third kappa shape index (κ3) is 5.32. The molecule has 0 aliphatic carbocycles. The van der Waals surface area contributed by atoms with Crippen LogP contribution in [0.4, 0.5) is 11.4 Å². The Bertz CT molecular complexity index is 1270. The van der Waals surface area contributed by atoms with Gasteiger partial charge in [-0.3, -0.25) is 9.52 Å². The summed E-state index contributed by atoms with van der Waals surface area (Å²) in [5.41, 5.74) is 1.50. The lowest BCUT2D eigenvalue weighted by molar-refractivity contribution is 0.102. The van der Waals surface area contributed by atoms with Crippen molar-refractivity contribution in [1.29, 1.82) is 0 Å². The van der Waals surface area contributed by atoms with Crippen LogP contribution in [0.2, 0.25) is 5.02 Å². The van der Waals surface area contributed by atoms with Crippen LogP contribution in [-0.4, -0.2) is 35.7 Å². The van der Waals surface area contributed by atoms with E-state index in [0.717, 1.165) is 5.56 Å². The summed E-state index contributed by atoms with van der Waals surface area (Å²) in [6.07, 6.45) is 0. The lowest BCUT2D eigenvalue weighted by atomic mass is 10.1. The number of sulfonamides is 1. The first-order chi connectivity index (χ1) is 15.7. The van der Waals surface area contributed by atoms with E-state index < -0.39 is 15.9 Å². The Morgan fingerprint density at radius 3 is 2.06 bits per heavy atom. The fourth-order valence-electron chi connectivity index (χ4n) is 3.13. The average Bonchev–Trinajstić information content (AvgIpc) is 2.80. The highest BCUT2D eigenvalue weighted by atomic mass is 35.5. The van der Waals surface area contributed by atoms with Gasteiger partial charge in [0, 0.05) is 16.8 Å². The van der Waals surface area contributed by atoms with Crippen LogP contribution < -0.4 is 24.2 Å². The Hall–Kier alpha value is -3.43. The lowest BCUT2D eigenvalue weighted by Gasteiger charge is -2.15. The van der Waals surface area contributed by atoms with E-state index >= 15 is 0 Å². The molecule has 2 N–H and O–H groups in total. The third-order valence-electron chi connectivity index (χ3n) is 4.84. The van der Waals surface area contributed by atoms with Crippen LogP contribution in [0, 0.1) is 6.92 Å². The average molecular weight is 491 g/mol. The van der Waals surface area contributed by atoms with Gasteiger partial charge in [-0.05, 0) is 49.4 Å². The van der Waals surface area contributed by atoms with Crippen molar-refractivity contribution in [3.63, 3.8) is 0 Å². The first-order valence-electron chi connectivity index (χ1n) is 9.69. The summed E-state index contributed by atoms with van der Waals surface area (Å²) in [6, 6.07) is 13.9. The summed E-state index contributed by atoms with van der Waals surface area (Å²) in [4.78, 5) is 12.7. The highest BCUT2D eigenvalue weighted by molar-refractivity contribution is 7.92. The molecule has 0 aliphatic rings. The normalized spacial score (nSPS) is 10.9. The number of ether oxygens (including phenoxy) is 3. The molecule has 0 heterocycles. The van der Waals surface area contributed by atoms with Crippen LogP contribution in [0.3, 0.4) is 0 Å². The molecule has 174 valence electrons. The Morgan fingerprint density at radius 1 is 0.879 bits per heavy atom. The van der Waals surface area contributed by atoms with Gasteiger partial charge in [0.25, 0.3) is 15.9 Å². The van der Waals surface area contributed by atoms with Crippen molar-refractivity contribution >= 4 is 38.9 Å². The van der Waals surface area contributed by atoms with Crippen molar-refractivity contribution in [2.45, 2.75) is 11.8 Å². The SMILES string of the molecule is COc1ccc(NC(=O)c2cc(OC)c(C)c(OC)c2)cc1S(=O)(=O)Nc1ccccc1Cl. The summed E-state index contributed by atoms with van der Waals surface area (Å²) < 4.78 is 44.4. The zero-order chi connectivity index (χ0) is 24.2. The van der Waals surface area contributed by atoms with Gasteiger partial charge in [0.15, 0.2) is 0 Å². The van der Waals surface area contributed by atoms with E-state index in [-0.39, 0.29) is 32.6 Å². The summed E-state index contributed by atoms with van der Waals surface area (Å²) in [6.45, 7) is 1.81. The van der Waals surface area contributed by atoms with Gasteiger partial charge in [0.2, 0.25) is 0 Å². The molecule has 8 nitrogen and oxygen atoms in total. The molecule has 10 heteroatoms. The minimum Gasteiger partial charge on any atom is -0.496 e. The van der Waals surface area contributed by atoms with Gasteiger partial charge in [-0.25, -0.2) is 8.42 Å². The van der Waals surface area contributed by atoms with Gasteiger partial charge in [-0.15, -0.1) is 0 Å². The molecule has 33 heavy (non-hydrogen) atoms. The quantitative estimate of drug-likeness (QED) is 0.473. The van der Waals surface area contributed by atoms with E-state index in [9.17, 15) is 13.2 Å². The van der Waals surface area contributed by atoms with Gasteiger partial charge in [0.1, 0.15) is 22.1 Å². The van der Waals surface area contributed by atoms with E-state index in [2.05, 4.69) is 10.0 Å². The Labute approximate surface area is 197 Å². The standard InChI is InChI=1S/C23H23ClN2O6S/c1-14-20(31-3)11-15(12-21(14)32-4)23(27)25-16-9-10-19(30-2)22(13-16)33(28,29)26-18-8-6-5-7-17(18)24/h5-13,26H,1-4H3,(H,25,27). The molecule has 3 aromatic rings. The molecule has 0 atom stereocenters. The van der Waals surface area contributed by atoms with Crippen LogP contribution in [0.1, 0.15) is 15.9 Å². The molecule has 0 unspecified atom stereocenters. The van der Waals surface area contributed by atoms with Crippen molar-refractivity contribution in [2.75, 3.05) is 31.4 Å². The first kappa shape index (κ1) is 24.2. The predicted octanol–water partition coefficient (Wildman–Crippen LogP) is 4.73. The molecule has 0 aromatic heterocycles. The number of rotatable bonds is 8. The van der Waals surface area contributed by atoms with Gasteiger partial charge < -0.3 is 19.5 Å². The number of halogens is 1. The largest absolute Gasteiger partial charge is 0.496 e. The number of nitrogens with one attached hydrogen (secondary N) is 2. The van der Waals surface area contributed by atoms with E-state index in [4.69, 9.17) is 25.8 Å². The van der Waals surface area contributed by atoms with Crippen LogP contribution in [-0.2, 0) is 10.0 Å². The first-order valence-corrected chi connectivity index (χ1v) is 11.6. The van der Waals surface area contributed by atoms with Gasteiger partial charge >= 0.3 is 0 Å². The molecule has 0 aliphatic heterocycles. The molecular weight excluding hydrogens is 468 g/mol. The zero-order valence-corrected chi connectivity index (χ0v) is 20.0. The molecule has 3 aromatic carbocycles. The zero-order valence-electron chi connectivity index (χ0n) is 18.4. The van der Waals surface area contributed by atoms with Crippen LogP contribution in [0.5, 0.6) is 17.2 Å². The molecule has 0 fully saturated rings. The number of carbonyl (C=O) groups is 1. The van der Waals surface area contributed by atoms with Crippen molar-refractivity contribution < 1.29 is 27.4 Å².